The Bertz CT molecular complexity index is 1100. The zero-order chi connectivity index (χ0) is 25.9. The third kappa shape index (κ3) is 6.20. The van der Waals surface area contributed by atoms with E-state index in [4.69, 9.17) is 9.72 Å². The highest BCUT2D eigenvalue weighted by molar-refractivity contribution is 9.10. The number of hydrogen-bond donors (Lipinski definition) is 0. The molecule has 1 aliphatic heterocycles. The summed E-state index contributed by atoms with van der Waals surface area (Å²) >= 11 is 3.62. The molecule has 0 N–H and O–H groups in total. The fourth-order valence-corrected chi connectivity index (χ4v) is 5.65. The number of hydrogen-bond acceptors (Lipinski definition) is 5. The molecular formula is C28H41BrN4O2. The minimum Gasteiger partial charge on any atom is -0.460 e. The van der Waals surface area contributed by atoms with E-state index in [1.54, 1.807) is 0 Å². The second-order valence-electron chi connectivity index (χ2n) is 11.1. The Morgan fingerprint density at radius 1 is 1.34 bits per heavy atom. The Morgan fingerprint density at radius 3 is 2.66 bits per heavy atom. The van der Waals surface area contributed by atoms with Crippen LogP contribution in [-0.2, 0) is 9.53 Å². The molecule has 7 heteroatoms. The van der Waals surface area contributed by atoms with Gasteiger partial charge in [0.1, 0.15) is 17.2 Å². The molecule has 1 aromatic heterocycles. The summed E-state index contributed by atoms with van der Waals surface area (Å²) in [5.74, 6) is 1.20. The van der Waals surface area contributed by atoms with E-state index in [1.807, 2.05) is 34.6 Å². The van der Waals surface area contributed by atoms with Crippen LogP contribution in [0.2, 0.25) is 0 Å². The first-order valence-electron chi connectivity index (χ1n) is 13.1. The molecule has 0 bridgehead atoms. The van der Waals surface area contributed by atoms with Crippen LogP contribution in [0.25, 0.3) is 11.0 Å². The molecule has 0 saturated carbocycles. The molecule has 2 heterocycles. The standard InChI is InChI=1S/C28H41BrN4O2/c1-8-10-20-12-13-32(17-20)27-31-25-22(16-30)24(29)18(3)15-23(25)33(27)21(11-9-2)14-19(4)26(34)35-28(5,6)7/h15,19-21H,8-14,17H2,1-7H3. The van der Waals surface area contributed by atoms with Crippen LogP contribution in [-0.4, -0.2) is 34.2 Å². The van der Waals surface area contributed by atoms with Gasteiger partial charge in [-0.3, -0.25) is 4.79 Å². The lowest BCUT2D eigenvalue weighted by atomic mass is 9.97. The van der Waals surface area contributed by atoms with E-state index in [0.717, 1.165) is 59.4 Å². The molecule has 6 nitrogen and oxygen atoms in total. The molecule has 2 aromatic rings. The average Bonchev–Trinajstić information content (AvgIpc) is 3.38. The van der Waals surface area contributed by atoms with Crippen LogP contribution in [0.15, 0.2) is 10.5 Å². The van der Waals surface area contributed by atoms with Crippen molar-refractivity contribution >= 4 is 38.9 Å². The van der Waals surface area contributed by atoms with Crippen molar-refractivity contribution in [1.29, 1.82) is 5.26 Å². The molecule has 3 rings (SSSR count). The van der Waals surface area contributed by atoms with Crippen LogP contribution in [0.4, 0.5) is 5.95 Å². The van der Waals surface area contributed by atoms with Crippen LogP contribution >= 0.6 is 15.9 Å². The zero-order valence-corrected chi connectivity index (χ0v) is 24.0. The van der Waals surface area contributed by atoms with Crippen molar-refractivity contribution in [2.45, 2.75) is 98.6 Å². The number of fused-ring (bicyclic) bond motifs is 1. The van der Waals surface area contributed by atoms with Crippen molar-refractivity contribution in [1.82, 2.24) is 9.55 Å². The smallest absolute Gasteiger partial charge is 0.309 e. The van der Waals surface area contributed by atoms with E-state index in [1.165, 1.54) is 12.8 Å². The molecule has 3 unspecified atom stereocenters. The van der Waals surface area contributed by atoms with Crippen LogP contribution in [0.3, 0.4) is 0 Å². The summed E-state index contributed by atoms with van der Waals surface area (Å²) in [6.07, 6.45) is 6.16. The molecular weight excluding hydrogens is 504 g/mol. The summed E-state index contributed by atoms with van der Waals surface area (Å²) < 4.78 is 8.84. The zero-order valence-electron chi connectivity index (χ0n) is 22.4. The van der Waals surface area contributed by atoms with Gasteiger partial charge in [-0.05, 0) is 86.9 Å². The maximum absolute atomic E-state index is 12.9. The van der Waals surface area contributed by atoms with Gasteiger partial charge in [-0.2, -0.15) is 5.26 Å². The SMILES string of the molecule is CCCC1CCN(c2nc3c(C#N)c(Br)c(C)cc3n2C(CCC)CC(C)C(=O)OC(C)(C)C)C1. The number of halogens is 1. The number of nitrogens with zero attached hydrogens (tertiary/aromatic N) is 4. The molecule has 0 spiro atoms. The monoisotopic (exact) mass is 544 g/mol. The lowest BCUT2D eigenvalue weighted by Crippen LogP contribution is -2.30. The highest BCUT2D eigenvalue weighted by Gasteiger charge is 2.32. The molecule has 1 saturated heterocycles. The van der Waals surface area contributed by atoms with Crippen LogP contribution < -0.4 is 4.90 Å². The highest BCUT2D eigenvalue weighted by Crippen LogP contribution is 2.39. The predicted molar refractivity (Wildman–Crippen MR) is 146 cm³/mol. The van der Waals surface area contributed by atoms with Gasteiger partial charge in [-0.25, -0.2) is 4.98 Å². The number of rotatable bonds is 9. The average molecular weight is 546 g/mol. The third-order valence-electron chi connectivity index (χ3n) is 6.88. The Hall–Kier alpha value is -2.07. The number of nitriles is 1. The predicted octanol–water partition coefficient (Wildman–Crippen LogP) is 7.31. The van der Waals surface area contributed by atoms with E-state index >= 15 is 0 Å². The number of carbonyl (C=O) groups is 1. The van der Waals surface area contributed by atoms with Crippen LogP contribution in [0.1, 0.15) is 97.2 Å². The summed E-state index contributed by atoms with van der Waals surface area (Å²) in [6.45, 7) is 16.1. The van der Waals surface area contributed by atoms with E-state index in [-0.39, 0.29) is 17.9 Å². The lowest BCUT2D eigenvalue weighted by molar-refractivity contribution is -0.159. The first-order chi connectivity index (χ1) is 16.5. The van der Waals surface area contributed by atoms with Gasteiger partial charge in [0.25, 0.3) is 0 Å². The summed E-state index contributed by atoms with van der Waals surface area (Å²) in [7, 11) is 0. The number of aryl methyl sites for hydroxylation is 1. The minimum atomic E-state index is -0.507. The van der Waals surface area contributed by atoms with Gasteiger partial charge in [0, 0.05) is 23.6 Å². The fourth-order valence-electron chi connectivity index (χ4n) is 5.26. The number of imidazole rings is 1. The molecule has 192 valence electrons. The van der Waals surface area contributed by atoms with Crippen molar-refractivity contribution in [3.8, 4) is 6.07 Å². The number of esters is 1. The number of anilines is 1. The summed E-state index contributed by atoms with van der Waals surface area (Å²) in [5, 5.41) is 9.98. The molecule has 0 amide bonds. The lowest BCUT2D eigenvalue weighted by Gasteiger charge is -2.28. The molecule has 1 fully saturated rings. The number of ether oxygens (including phenoxy) is 1. The molecule has 1 aliphatic rings. The maximum atomic E-state index is 12.9. The van der Waals surface area contributed by atoms with Gasteiger partial charge in [-0.15, -0.1) is 0 Å². The number of carbonyl (C=O) groups excluding carboxylic acids is 1. The van der Waals surface area contributed by atoms with Gasteiger partial charge in [0.2, 0.25) is 5.95 Å². The van der Waals surface area contributed by atoms with Gasteiger partial charge in [0.15, 0.2) is 0 Å². The first-order valence-corrected chi connectivity index (χ1v) is 13.9. The molecule has 3 atom stereocenters. The Labute approximate surface area is 219 Å². The van der Waals surface area contributed by atoms with Crippen molar-refractivity contribution in [3.05, 3.63) is 21.7 Å². The second-order valence-corrected chi connectivity index (χ2v) is 11.9. The summed E-state index contributed by atoms with van der Waals surface area (Å²) in [4.78, 5) is 20.4. The summed E-state index contributed by atoms with van der Waals surface area (Å²) in [6, 6.07) is 4.60. The van der Waals surface area contributed by atoms with Crippen molar-refractivity contribution in [3.63, 3.8) is 0 Å². The quantitative estimate of drug-likeness (QED) is 0.309. The van der Waals surface area contributed by atoms with Gasteiger partial charge in [0.05, 0.1) is 17.0 Å². The van der Waals surface area contributed by atoms with Crippen molar-refractivity contribution in [2.24, 2.45) is 11.8 Å². The Kier molecular flexibility index (Phi) is 8.91. The maximum Gasteiger partial charge on any atom is 0.309 e. The van der Waals surface area contributed by atoms with Crippen LogP contribution in [0.5, 0.6) is 0 Å². The van der Waals surface area contributed by atoms with E-state index in [9.17, 15) is 10.1 Å². The van der Waals surface area contributed by atoms with Gasteiger partial charge < -0.3 is 14.2 Å². The fraction of sp³-hybridized carbons (Fsp3) is 0.679. The normalized spacial score (nSPS) is 18.0. The molecule has 0 radical (unpaired) electrons. The topological polar surface area (TPSA) is 71.2 Å². The van der Waals surface area contributed by atoms with Gasteiger partial charge >= 0.3 is 5.97 Å². The first kappa shape index (κ1) is 27.5. The van der Waals surface area contributed by atoms with E-state index in [2.05, 4.69) is 51.4 Å². The number of benzene rings is 1. The molecule has 0 aliphatic carbocycles. The summed E-state index contributed by atoms with van der Waals surface area (Å²) in [5.41, 5.74) is 2.81. The largest absolute Gasteiger partial charge is 0.460 e. The molecule has 35 heavy (non-hydrogen) atoms. The molecule has 1 aromatic carbocycles. The van der Waals surface area contributed by atoms with Crippen molar-refractivity contribution in [2.75, 3.05) is 18.0 Å². The van der Waals surface area contributed by atoms with Gasteiger partial charge in [-0.1, -0.05) is 33.6 Å². The van der Waals surface area contributed by atoms with E-state index < -0.39 is 5.60 Å². The van der Waals surface area contributed by atoms with E-state index in [0.29, 0.717) is 17.9 Å². The Balaban J connectivity index is 2.11. The van der Waals surface area contributed by atoms with Crippen molar-refractivity contribution < 1.29 is 9.53 Å². The highest BCUT2D eigenvalue weighted by atomic mass is 79.9. The second kappa shape index (κ2) is 11.3. The Morgan fingerprint density at radius 2 is 2.06 bits per heavy atom. The number of aromatic nitrogens is 2. The minimum absolute atomic E-state index is 0.0832. The third-order valence-corrected chi connectivity index (χ3v) is 7.91. The van der Waals surface area contributed by atoms with Crippen LogP contribution in [0, 0.1) is 30.1 Å².